The van der Waals surface area contributed by atoms with Crippen molar-refractivity contribution in [1.82, 2.24) is 30.3 Å². The SMILES string of the molecule is CNC(=O)c1ccc(Cn2nnc3c(N4CCOCC4)nc(-c4cccc(O)c4)nc32)cc1. The van der Waals surface area contributed by atoms with Crippen LogP contribution in [0.1, 0.15) is 15.9 Å². The molecule has 0 spiro atoms. The summed E-state index contributed by atoms with van der Waals surface area (Å²) in [7, 11) is 1.60. The van der Waals surface area contributed by atoms with E-state index in [1.165, 1.54) is 0 Å². The molecule has 5 rings (SSSR count). The summed E-state index contributed by atoms with van der Waals surface area (Å²) in [5, 5.41) is 21.3. The molecule has 3 heterocycles. The number of morpholine rings is 1. The molecule has 1 aliphatic rings. The van der Waals surface area contributed by atoms with Gasteiger partial charge in [0.05, 0.1) is 19.8 Å². The first-order valence-electron chi connectivity index (χ1n) is 10.7. The van der Waals surface area contributed by atoms with Crippen LogP contribution in [0.25, 0.3) is 22.6 Å². The number of carbonyl (C=O) groups excluding carboxylic acids is 1. The van der Waals surface area contributed by atoms with E-state index < -0.39 is 0 Å². The van der Waals surface area contributed by atoms with Crippen molar-refractivity contribution in [3.05, 3.63) is 59.7 Å². The number of hydrogen-bond donors (Lipinski definition) is 2. The Balaban J connectivity index is 1.57. The molecule has 10 nitrogen and oxygen atoms in total. The van der Waals surface area contributed by atoms with Crippen LogP contribution in [0.2, 0.25) is 0 Å². The number of hydrogen-bond acceptors (Lipinski definition) is 8. The average molecular weight is 445 g/mol. The predicted molar refractivity (Wildman–Crippen MR) is 122 cm³/mol. The Morgan fingerprint density at radius 2 is 1.91 bits per heavy atom. The van der Waals surface area contributed by atoms with Gasteiger partial charge in [-0.2, -0.15) is 0 Å². The Bertz CT molecular complexity index is 1300. The van der Waals surface area contributed by atoms with Crippen LogP contribution in [0.4, 0.5) is 5.82 Å². The summed E-state index contributed by atoms with van der Waals surface area (Å²) in [6.07, 6.45) is 0. The summed E-state index contributed by atoms with van der Waals surface area (Å²) in [4.78, 5) is 23.5. The zero-order valence-corrected chi connectivity index (χ0v) is 18.1. The highest BCUT2D eigenvalue weighted by molar-refractivity contribution is 5.94. The van der Waals surface area contributed by atoms with E-state index in [1.54, 1.807) is 42.1 Å². The molecule has 168 valence electrons. The number of nitrogens with one attached hydrogen (secondary N) is 1. The van der Waals surface area contributed by atoms with E-state index >= 15 is 0 Å². The zero-order valence-electron chi connectivity index (χ0n) is 18.1. The van der Waals surface area contributed by atoms with Crippen molar-refractivity contribution in [2.75, 3.05) is 38.3 Å². The van der Waals surface area contributed by atoms with Gasteiger partial charge < -0.3 is 20.1 Å². The van der Waals surface area contributed by atoms with E-state index in [0.29, 0.717) is 66.8 Å². The van der Waals surface area contributed by atoms with Gasteiger partial charge in [0.2, 0.25) is 0 Å². The van der Waals surface area contributed by atoms with Crippen LogP contribution in [-0.2, 0) is 11.3 Å². The highest BCUT2D eigenvalue weighted by Gasteiger charge is 2.22. The van der Waals surface area contributed by atoms with E-state index in [2.05, 4.69) is 20.5 Å². The minimum Gasteiger partial charge on any atom is -0.508 e. The second kappa shape index (κ2) is 8.83. The maximum atomic E-state index is 11.8. The fourth-order valence-electron chi connectivity index (χ4n) is 3.80. The molecule has 2 aromatic heterocycles. The van der Waals surface area contributed by atoms with Gasteiger partial charge in [0.15, 0.2) is 22.8 Å². The Morgan fingerprint density at radius 3 is 2.64 bits per heavy atom. The summed E-state index contributed by atoms with van der Waals surface area (Å²) in [5.74, 6) is 1.19. The second-order valence-corrected chi connectivity index (χ2v) is 7.72. The molecule has 0 aliphatic carbocycles. The number of phenols is 1. The molecule has 2 N–H and O–H groups in total. The lowest BCUT2D eigenvalue weighted by atomic mass is 10.1. The largest absolute Gasteiger partial charge is 0.508 e. The van der Waals surface area contributed by atoms with Crippen LogP contribution in [0.5, 0.6) is 5.75 Å². The summed E-state index contributed by atoms with van der Waals surface area (Å²) in [6.45, 7) is 3.04. The summed E-state index contributed by atoms with van der Waals surface area (Å²) < 4.78 is 7.22. The normalized spacial score (nSPS) is 13.9. The lowest BCUT2D eigenvalue weighted by Crippen LogP contribution is -2.37. The first kappa shape index (κ1) is 20.8. The van der Waals surface area contributed by atoms with Gasteiger partial charge in [0.1, 0.15) is 5.75 Å². The van der Waals surface area contributed by atoms with Crippen molar-refractivity contribution in [3.8, 4) is 17.1 Å². The third kappa shape index (κ3) is 4.20. The maximum absolute atomic E-state index is 11.8. The Morgan fingerprint density at radius 1 is 1.12 bits per heavy atom. The molecule has 1 aliphatic heterocycles. The smallest absolute Gasteiger partial charge is 0.251 e. The number of rotatable bonds is 5. The van der Waals surface area contributed by atoms with Gasteiger partial charge in [-0.1, -0.05) is 29.5 Å². The number of ether oxygens (including phenoxy) is 1. The number of aromatic hydroxyl groups is 1. The van der Waals surface area contributed by atoms with Crippen molar-refractivity contribution in [2.45, 2.75) is 6.54 Å². The number of fused-ring (bicyclic) bond motifs is 1. The molecule has 1 amide bonds. The van der Waals surface area contributed by atoms with Gasteiger partial charge in [-0.15, -0.1) is 5.10 Å². The highest BCUT2D eigenvalue weighted by Crippen LogP contribution is 2.28. The van der Waals surface area contributed by atoms with Crippen LogP contribution in [0.3, 0.4) is 0 Å². The van der Waals surface area contributed by atoms with Crippen molar-refractivity contribution in [3.63, 3.8) is 0 Å². The van der Waals surface area contributed by atoms with Crippen molar-refractivity contribution < 1.29 is 14.6 Å². The van der Waals surface area contributed by atoms with Gasteiger partial charge in [0.25, 0.3) is 5.91 Å². The number of nitrogens with zero attached hydrogens (tertiary/aromatic N) is 6. The molecule has 1 fully saturated rings. The van der Waals surface area contributed by atoms with E-state index in [9.17, 15) is 9.90 Å². The van der Waals surface area contributed by atoms with Crippen molar-refractivity contribution >= 4 is 22.9 Å². The van der Waals surface area contributed by atoms with Crippen LogP contribution in [-0.4, -0.2) is 69.3 Å². The molecule has 33 heavy (non-hydrogen) atoms. The quantitative estimate of drug-likeness (QED) is 0.478. The van der Waals surface area contributed by atoms with Gasteiger partial charge in [-0.05, 0) is 29.8 Å². The summed E-state index contributed by atoms with van der Waals surface area (Å²) in [6, 6.07) is 14.2. The van der Waals surface area contributed by atoms with E-state index in [0.717, 1.165) is 5.56 Å². The number of aromatic nitrogens is 5. The van der Waals surface area contributed by atoms with E-state index in [1.807, 2.05) is 18.2 Å². The van der Waals surface area contributed by atoms with Gasteiger partial charge in [0, 0.05) is 31.3 Å². The van der Waals surface area contributed by atoms with Crippen LogP contribution in [0, 0.1) is 0 Å². The fourth-order valence-corrected chi connectivity index (χ4v) is 3.80. The monoisotopic (exact) mass is 445 g/mol. The van der Waals surface area contributed by atoms with Gasteiger partial charge in [-0.25, -0.2) is 14.6 Å². The van der Waals surface area contributed by atoms with E-state index in [-0.39, 0.29) is 11.7 Å². The van der Waals surface area contributed by atoms with Crippen LogP contribution >= 0.6 is 0 Å². The third-order valence-electron chi connectivity index (χ3n) is 5.53. The van der Waals surface area contributed by atoms with Crippen LogP contribution < -0.4 is 10.2 Å². The molecule has 2 aromatic carbocycles. The number of anilines is 1. The summed E-state index contributed by atoms with van der Waals surface area (Å²) >= 11 is 0. The molecule has 0 saturated carbocycles. The topological polar surface area (TPSA) is 118 Å². The first-order valence-corrected chi connectivity index (χ1v) is 10.7. The number of carbonyl (C=O) groups is 1. The second-order valence-electron chi connectivity index (χ2n) is 7.72. The third-order valence-corrected chi connectivity index (χ3v) is 5.53. The molecule has 10 heteroatoms. The standard InChI is InChI=1S/C23H23N7O3/c1-24-23(32)16-7-5-15(6-8-16)14-30-22-19(27-28-30)21(29-9-11-33-12-10-29)25-20(26-22)17-3-2-4-18(31)13-17/h2-8,13,31H,9-12,14H2,1H3,(H,24,32). The Labute approximate surface area is 189 Å². The highest BCUT2D eigenvalue weighted by atomic mass is 16.5. The molecule has 4 aromatic rings. The van der Waals surface area contributed by atoms with Crippen LogP contribution in [0.15, 0.2) is 48.5 Å². The van der Waals surface area contributed by atoms with Gasteiger partial charge >= 0.3 is 0 Å². The minimum atomic E-state index is -0.133. The molecule has 1 saturated heterocycles. The molecule has 0 atom stereocenters. The lowest BCUT2D eigenvalue weighted by molar-refractivity contribution is 0.0963. The molecule has 0 radical (unpaired) electrons. The Kier molecular flexibility index (Phi) is 5.57. The fraction of sp³-hybridized carbons (Fsp3) is 0.261. The van der Waals surface area contributed by atoms with E-state index in [4.69, 9.17) is 14.7 Å². The molecular weight excluding hydrogens is 422 g/mol. The lowest BCUT2D eigenvalue weighted by Gasteiger charge is -2.28. The number of benzene rings is 2. The predicted octanol–water partition coefficient (Wildman–Crippen LogP) is 1.84. The number of amides is 1. The molecular formula is C23H23N7O3. The summed E-state index contributed by atoms with van der Waals surface area (Å²) in [5.41, 5.74) is 3.46. The minimum absolute atomic E-state index is 0.133. The average Bonchev–Trinajstić information content (AvgIpc) is 3.26. The molecule has 0 bridgehead atoms. The van der Waals surface area contributed by atoms with Crippen molar-refractivity contribution in [2.24, 2.45) is 0 Å². The van der Waals surface area contributed by atoms with Crippen molar-refractivity contribution in [1.29, 1.82) is 0 Å². The zero-order chi connectivity index (χ0) is 22.8. The Hall–Kier alpha value is -4.05. The first-order chi connectivity index (χ1) is 16.1. The maximum Gasteiger partial charge on any atom is 0.251 e. The molecule has 0 unspecified atom stereocenters. The number of phenolic OH excluding ortho intramolecular Hbond substituents is 1. The van der Waals surface area contributed by atoms with Gasteiger partial charge in [-0.3, -0.25) is 4.79 Å².